The van der Waals surface area contributed by atoms with E-state index in [2.05, 4.69) is 5.32 Å². The molecule has 2 unspecified atom stereocenters. The monoisotopic (exact) mass is 143 g/mol. The average Bonchev–Trinajstić information content (AvgIpc) is 1.97. The minimum atomic E-state index is -0.612. The lowest BCUT2D eigenvalue weighted by Gasteiger charge is -2.19. The van der Waals surface area contributed by atoms with Gasteiger partial charge in [-0.2, -0.15) is 0 Å². The van der Waals surface area contributed by atoms with Gasteiger partial charge < -0.3 is 10.4 Å². The standard InChI is InChI=1S/C7H13NO2/c1-4-5(9)7(2,3)6(10)8-4/h4-5,9H,1-3H3,(H,8,10). The summed E-state index contributed by atoms with van der Waals surface area (Å²) in [6.07, 6.45) is -0.556. The molecule has 1 rings (SSSR count). The van der Waals surface area contributed by atoms with Gasteiger partial charge in [-0.3, -0.25) is 4.79 Å². The van der Waals surface area contributed by atoms with E-state index in [0.29, 0.717) is 0 Å². The minimum absolute atomic E-state index is 0.0625. The van der Waals surface area contributed by atoms with E-state index in [4.69, 9.17) is 0 Å². The number of rotatable bonds is 0. The summed E-state index contributed by atoms with van der Waals surface area (Å²) in [6, 6.07) is -0.109. The quantitative estimate of drug-likeness (QED) is 0.497. The number of aliphatic hydroxyl groups excluding tert-OH is 1. The second-order valence-electron chi connectivity index (χ2n) is 3.43. The molecule has 3 heteroatoms. The largest absolute Gasteiger partial charge is 0.390 e. The van der Waals surface area contributed by atoms with Gasteiger partial charge in [0.2, 0.25) is 5.91 Å². The first-order valence-electron chi connectivity index (χ1n) is 3.45. The Labute approximate surface area is 60.4 Å². The summed E-state index contributed by atoms with van der Waals surface area (Å²) in [6.45, 7) is 5.30. The Morgan fingerprint density at radius 3 is 2.20 bits per heavy atom. The topological polar surface area (TPSA) is 49.3 Å². The van der Waals surface area contributed by atoms with Gasteiger partial charge in [-0.05, 0) is 20.8 Å². The van der Waals surface area contributed by atoms with E-state index in [0.717, 1.165) is 0 Å². The number of aliphatic hydroxyl groups is 1. The van der Waals surface area contributed by atoms with Gasteiger partial charge in [0.1, 0.15) is 0 Å². The van der Waals surface area contributed by atoms with Crippen molar-refractivity contribution in [2.45, 2.75) is 32.9 Å². The molecule has 0 aromatic heterocycles. The highest BCUT2D eigenvalue weighted by molar-refractivity contribution is 5.85. The van der Waals surface area contributed by atoms with Gasteiger partial charge in [-0.15, -0.1) is 0 Å². The normalized spacial score (nSPS) is 37.8. The average molecular weight is 143 g/mol. The molecule has 0 radical (unpaired) electrons. The molecule has 0 aliphatic carbocycles. The molecule has 2 N–H and O–H groups in total. The van der Waals surface area contributed by atoms with Gasteiger partial charge in [0.05, 0.1) is 17.6 Å². The van der Waals surface area contributed by atoms with Gasteiger partial charge in [0.15, 0.2) is 0 Å². The molecule has 2 atom stereocenters. The van der Waals surface area contributed by atoms with E-state index in [9.17, 15) is 9.90 Å². The van der Waals surface area contributed by atoms with Crippen LogP contribution in [0.1, 0.15) is 20.8 Å². The van der Waals surface area contributed by atoms with Crippen LogP contribution in [-0.4, -0.2) is 23.2 Å². The van der Waals surface area contributed by atoms with Crippen LogP contribution in [0.5, 0.6) is 0 Å². The molecule has 0 aromatic rings. The van der Waals surface area contributed by atoms with Crippen LogP contribution in [-0.2, 0) is 4.79 Å². The molecule has 0 bridgehead atoms. The van der Waals surface area contributed by atoms with Crippen molar-refractivity contribution < 1.29 is 9.90 Å². The molecule has 1 saturated heterocycles. The third-order valence-corrected chi connectivity index (χ3v) is 2.16. The molecule has 0 spiro atoms. The van der Waals surface area contributed by atoms with Crippen molar-refractivity contribution in [1.29, 1.82) is 0 Å². The molecule has 10 heavy (non-hydrogen) atoms. The third-order valence-electron chi connectivity index (χ3n) is 2.16. The summed E-state index contributed by atoms with van der Waals surface area (Å²) in [4.78, 5) is 11.0. The fraction of sp³-hybridized carbons (Fsp3) is 0.857. The lowest BCUT2D eigenvalue weighted by Crippen LogP contribution is -2.32. The molecule has 1 aliphatic rings. The first-order valence-corrected chi connectivity index (χ1v) is 3.45. The Bertz CT molecular complexity index is 165. The number of carbonyl (C=O) groups is 1. The fourth-order valence-corrected chi connectivity index (χ4v) is 1.23. The van der Waals surface area contributed by atoms with Crippen molar-refractivity contribution in [2.24, 2.45) is 5.41 Å². The van der Waals surface area contributed by atoms with E-state index in [-0.39, 0.29) is 11.9 Å². The minimum Gasteiger partial charge on any atom is -0.390 e. The Morgan fingerprint density at radius 1 is 1.60 bits per heavy atom. The first-order chi connectivity index (χ1) is 4.46. The van der Waals surface area contributed by atoms with E-state index >= 15 is 0 Å². The second-order valence-corrected chi connectivity index (χ2v) is 3.43. The molecule has 0 saturated carbocycles. The molecular formula is C7H13NO2. The zero-order valence-electron chi connectivity index (χ0n) is 6.51. The van der Waals surface area contributed by atoms with Crippen LogP contribution in [0.3, 0.4) is 0 Å². The van der Waals surface area contributed by atoms with Crippen molar-refractivity contribution in [3.8, 4) is 0 Å². The fourth-order valence-electron chi connectivity index (χ4n) is 1.23. The molecule has 0 aromatic carbocycles. The number of carbonyl (C=O) groups excluding carboxylic acids is 1. The van der Waals surface area contributed by atoms with E-state index < -0.39 is 11.5 Å². The van der Waals surface area contributed by atoms with Gasteiger partial charge in [-0.25, -0.2) is 0 Å². The van der Waals surface area contributed by atoms with Crippen LogP contribution in [0.25, 0.3) is 0 Å². The summed E-state index contributed by atoms with van der Waals surface area (Å²) < 4.78 is 0. The van der Waals surface area contributed by atoms with Crippen molar-refractivity contribution in [1.82, 2.24) is 5.32 Å². The summed E-state index contributed by atoms with van der Waals surface area (Å²) in [5.41, 5.74) is -0.612. The third kappa shape index (κ3) is 0.814. The predicted molar refractivity (Wildman–Crippen MR) is 37.4 cm³/mol. The van der Waals surface area contributed by atoms with Gasteiger partial charge in [0.25, 0.3) is 0 Å². The van der Waals surface area contributed by atoms with E-state index in [1.54, 1.807) is 20.8 Å². The molecule has 1 heterocycles. The molecule has 3 nitrogen and oxygen atoms in total. The smallest absolute Gasteiger partial charge is 0.228 e. The zero-order chi connectivity index (χ0) is 7.94. The number of nitrogens with one attached hydrogen (secondary N) is 1. The summed E-state index contributed by atoms with van der Waals surface area (Å²) in [5, 5.41) is 12.1. The van der Waals surface area contributed by atoms with Crippen LogP contribution in [0.15, 0.2) is 0 Å². The number of hydrogen-bond donors (Lipinski definition) is 2. The number of amides is 1. The Kier molecular flexibility index (Phi) is 1.47. The van der Waals surface area contributed by atoms with Crippen molar-refractivity contribution in [3.05, 3.63) is 0 Å². The first kappa shape index (κ1) is 7.54. The lowest BCUT2D eigenvalue weighted by molar-refractivity contribution is -0.128. The van der Waals surface area contributed by atoms with Crippen LogP contribution < -0.4 is 5.32 Å². The van der Waals surface area contributed by atoms with Crippen molar-refractivity contribution in [3.63, 3.8) is 0 Å². The summed E-state index contributed by atoms with van der Waals surface area (Å²) in [7, 11) is 0. The van der Waals surface area contributed by atoms with Gasteiger partial charge >= 0.3 is 0 Å². The van der Waals surface area contributed by atoms with Gasteiger partial charge in [-0.1, -0.05) is 0 Å². The van der Waals surface area contributed by atoms with Crippen LogP contribution in [0, 0.1) is 5.41 Å². The van der Waals surface area contributed by atoms with E-state index in [1.807, 2.05) is 0 Å². The number of hydrogen-bond acceptors (Lipinski definition) is 2. The zero-order valence-corrected chi connectivity index (χ0v) is 6.51. The van der Waals surface area contributed by atoms with Crippen LogP contribution in [0.4, 0.5) is 0 Å². The highest BCUT2D eigenvalue weighted by Crippen LogP contribution is 2.28. The van der Waals surface area contributed by atoms with E-state index in [1.165, 1.54) is 0 Å². The lowest BCUT2D eigenvalue weighted by atomic mass is 9.87. The highest BCUT2D eigenvalue weighted by atomic mass is 16.3. The SMILES string of the molecule is CC1NC(=O)C(C)(C)C1O. The molecular weight excluding hydrogens is 130 g/mol. The molecule has 1 fully saturated rings. The maximum atomic E-state index is 11.0. The maximum absolute atomic E-state index is 11.0. The Balaban J connectivity index is 2.85. The highest BCUT2D eigenvalue weighted by Gasteiger charge is 2.45. The van der Waals surface area contributed by atoms with Crippen LogP contribution in [0.2, 0.25) is 0 Å². The maximum Gasteiger partial charge on any atom is 0.228 e. The molecule has 1 aliphatic heterocycles. The second kappa shape index (κ2) is 1.95. The Hall–Kier alpha value is -0.570. The van der Waals surface area contributed by atoms with Crippen molar-refractivity contribution in [2.75, 3.05) is 0 Å². The van der Waals surface area contributed by atoms with Gasteiger partial charge in [0, 0.05) is 0 Å². The molecule has 58 valence electrons. The van der Waals surface area contributed by atoms with Crippen LogP contribution >= 0.6 is 0 Å². The van der Waals surface area contributed by atoms with Crippen molar-refractivity contribution >= 4 is 5.91 Å². The molecule has 1 amide bonds. The summed E-state index contributed by atoms with van der Waals surface area (Å²) in [5.74, 6) is -0.0625. The Morgan fingerprint density at radius 2 is 2.10 bits per heavy atom. The predicted octanol–water partition coefficient (Wildman–Crippen LogP) is -0.108. The summed E-state index contributed by atoms with van der Waals surface area (Å²) >= 11 is 0.